The van der Waals surface area contributed by atoms with Gasteiger partial charge in [0.15, 0.2) is 0 Å². The molecule has 0 N–H and O–H groups in total. The molecule has 0 spiro atoms. The van der Waals surface area contributed by atoms with Crippen molar-refractivity contribution in [2.75, 3.05) is 6.54 Å². The van der Waals surface area contributed by atoms with E-state index in [2.05, 4.69) is 16.2 Å². The first-order chi connectivity index (χ1) is 12.6. The topological polar surface area (TPSA) is 29.5 Å². The van der Waals surface area contributed by atoms with E-state index in [-0.39, 0.29) is 17.7 Å². The Morgan fingerprint density at radius 2 is 2.04 bits per heavy atom. The normalized spacial score (nSPS) is 16.6. The SMILES string of the molecule is O=C(c1cccc(OC(F)F)c1)N1CCc2sccc2[C@H]1c1cccs1. The Bertz CT molecular complexity index is 908. The number of benzene rings is 1. The molecule has 0 unspecified atom stereocenters. The predicted octanol–water partition coefficient (Wildman–Crippen LogP) is 5.20. The third-order valence-corrected chi connectivity index (χ3v) is 6.27. The summed E-state index contributed by atoms with van der Waals surface area (Å²) in [4.78, 5) is 17.4. The lowest BCUT2D eigenvalue weighted by atomic mass is 9.97. The van der Waals surface area contributed by atoms with Crippen LogP contribution in [-0.2, 0) is 6.42 Å². The Morgan fingerprint density at radius 3 is 2.81 bits per heavy atom. The lowest BCUT2D eigenvalue weighted by Gasteiger charge is -2.35. The van der Waals surface area contributed by atoms with E-state index >= 15 is 0 Å². The molecule has 1 aliphatic heterocycles. The fourth-order valence-corrected chi connectivity index (χ4v) is 5.02. The predicted molar refractivity (Wildman–Crippen MR) is 98.3 cm³/mol. The number of hydrogen-bond donors (Lipinski definition) is 0. The highest BCUT2D eigenvalue weighted by Crippen LogP contribution is 2.40. The highest BCUT2D eigenvalue weighted by atomic mass is 32.1. The second kappa shape index (κ2) is 7.17. The van der Waals surface area contributed by atoms with Crippen LogP contribution < -0.4 is 4.74 Å². The van der Waals surface area contributed by atoms with Crippen LogP contribution >= 0.6 is 22.7 Å². The zero-order valence-corrected chi connectivity index (χ0v) is 15.2. The van der Waals surface area contributed by atoms with Crippen molar-refractivity contribution < 1.29 is 18.3 Å². The third-order valence-electron chi connectivity index (χ3n) is 4.35. The molecule has 0 saturated carbocycles. The fraction of sp³-hybridized carbons (Fsp3) is 0.211. The molecule has 26 heavy (non-hydrogen) atoms. The minimum Gasteiger partial charge on any atom is -0.435 e. The number of thiophene rings is 2. The number of carbonyl (C=O) groups excluding carboxylic acids is 1. The number of ether oxygens (including phenoxy) is 1. The number of fused-ring (bicyclic) bond motifs is 1. The minimum atomic E-state index is -2.91. The summed E-state index contributed by atoms with van der Waals surface area (Å²) in [6, 6.07) is 11.9. The molecule has 1 amide bonds. The highest BCUT2D eigenvalue weighted by Gasteiger charge is 2.34. The second-order valence-electron chi connectivity index (χ2n) is 5.87. The highest BCUT2D eigenvalue weighted by molar-refractivity contribution is 7.10. The number of amides is 1. The van der Waals surface area contributed by atoms with E-state index < -0.39 is 6.61 Å². The Labute approximate surface area is 157 Å². The molecule has 3 nitrogen and oxygen atoms in total. The largest absolute Gasteiger partial charge is 0.435 e. The smallest absolute Gasteiger partial charge is 0.387 e. The van der Waals surface area contributed by atoms with Crippen molar-refractivity contribution in [1.29, 1.82) is 0 Å². The van der Waals surface area contributed by atoms with E-state index in [4.69, 9.17) is 0 Å². The van der Waals surface area contributed by atoms with E-state index in [0.717, 1.165) is 16.9 Å². The monoisotopic (exact) mass is 391 g/mol. The van der Waals surface area contributed by atoms with Crippen molar-refractivity contribution in [2.45, 2.75) is 19.1 Å². The molecular formula is C19H15F2NO2S2. The summed E-state index contributed by atoms with van der Waals surface area (Å²) >= 11 is 3.32. The number of halogens is 2. The van der Waals surface area contributed by atoms with Gasteiger partial charge in [0.1, 0.15) is 5.75 Å². The minimum absolute atomic E-state index is 0.00763. The average molecular weight is 391 g/mol. The zero-order chi connectivity index (χ0) is 18.1. The van der Waals surface area contributed by atoms with Crippen molar-refractivity contribution in [1.82, 2.24) is 4.90 Å². The van der Waals surface area contributed by atoms with E-state index in [0.29, 0.717) is 12.1 Å². The molecular weight excluding hydrogens is 376 g/mol. The summed E-state index contributed by atoms with van der Waals surface area (Å²) in [5, 5.41) is 4.05. The Kier molecular flexibility index (Phi) is 4.74. The number of alkyl halides is 2. The first kappa shape index (κ1) is 17.2. The van der Waals surface area contributed by atoms with Crippen molar-refractivity contribution in [3.63, 3.8) is 0 Å². The molecule has 0 aliphatic carbocycles. The van der Waals surface area contributed by atoms with Crippen LogP contribution in [0.3, 0.4) is 0 Å². The van der Waals surface area contributed by atoms with Crippen LogP contribution in [0, 0.1) is 0 Å². The summed E-state index contributed by atoms with van der Waals surface area (Å²) in [6.07, 6.45) is 0.799. The summed E-state index contributed by atoms with van der Waals surface area (Å²) in [5.74, 6) is -0.188. The molecule has 134 valence electrons. The van der Waals surface area contributed by atoms with Crippen molar-refractivity contribution in [3.8, 4) is 5.75 Å². The first-order valence-electron chi connectivity index (χ1n) is 8.09. The van der Waals surface area contributed by atoms with Gasteiger partial charge in [-0.25, -0.2) is 0 Å². The summed E-state index contributed by atoms with van der Waals surface area (Å²) in [5.41, 5.74) is 1.50. The maximum Gasteiger partial charge on any atom is 0.387 e. The summed E-state index contributed by atoms with van der Waals surface area (Å²) in [7, 11) is 0. The van der Waals surface area contributed by atoms with Crippen molar-refractivity contribution in [3.05, 3.63) is 74.1 Å². The third kappa shape index (κ3) is 3.24. The molecule has 0 saturated heterocycles. The zero-order valence-electron chi connectivity index (χ0n) is 13.6. The molecule has 7 heteroatoms. The lowest BCUT2D eigenvalue weighted by Crippen LogP contribution is -2.39. The van der Waals surface area contributed by atoms with Gasteiger partial charge in [-0.2, -0.15) is 8.78 Å². The molecule has 0 radical (unpaired) electrons. The number of rotatable bonds is 4. The average Bonchev–Trinajstić information content (AvgIpc) is 3.31. The maximum absolute atomic E-state index is 13.2. The summed E-state index contributed by atoms with van der Waals surface area (Å²) < 4.78 is 29.4. The van der Waals surface area contributed by atoms with Gasteiger partial charge in [-0.15, -0.1) is 22.7 Å². The Hall–Kier alpha value is -2.25. The fourth-order valence-electron chi connectivity index (χ4n) is 3.26. The first-order valence-corrected chi connectivity index (χ1v) is 9.85. The van der Waals surface area contributed by atoms with Gasteiger partial charge >= 0.3 is 6.61 Å². The van der Waals surface area contributed by atoms with Crippen LogP contribution in [0.4, 0.5) is 8.78 Å². The number of hydrogen-bond acceptors (Lipinski definition) is 4. The van der Waals surface area contributed by atoms with Gasteiger partial charge in [-0.3, -0.25) is 4.79 Å². The van der Waals surface area contributed by atoms with Gasteiger partial charge in [0, 0.05) is 21.9 Å². The molecule has 1 aliphatic rings. The quantitative estimate of drug-likeness (QED) is 0.612. The van der Waals surface area contributed by atoms with E-state index in [1.807, 2.05) is 22.4 Å². The Morgan fingerprint density at radius 1 is 1.15 bits per heavy atom. The van der Waals surface area contributed by atoms with Crippen LogP contribution in [0.25, 0.3) is 0 Å². The second-order valence-corrected chi connectivity index (χ2v) is 7.85. The van der Waals surface area contributed by atoms with Crippen LogP contribution in [0.15, 0.2) is 53.2 Å². The van der Waals surface area contributed by atoms with Crippen LogP contribution in [0.2, 0.25) is 0 Å². The number of carbonyl (C=O) groups is 1. The van der Waals surface area contributed by atoms with Gasteiger partial charge in [-0.1, -0.05) is 12.1 Å². The molecule has 0 bridgehead atoms. The van der Waals surface area contributed by atoms with Gasteiger partial charge in [0.25, 0.3) is 5.91 Å². The standard InChI is InChI=1S/C19H15F2NO2S2/c20-19(21)24-13-4-1-3-12(11-13)18(23)22-8-6-15-14(7-10-26-15)17(22)16-5-2-9-25-16/h1-5,7,9-11,17,19H,6,8H2/t17-/m0/s1. The molecule has 2 aromatic heterocycles. The molecule has 3 aromatic rings. The number of nitrogens with zero attached hydrogens (tertiary/aromatic N) is 1. The van der Waals surface area contributed by atoms with E-state index in [1.165, 1.54) is 17.0 Å². The van der Waals surface area contributed by atoms with Crippen molar-refractivity contribution in [2.24, 2.45) is 0 Å². The van der Waals surface area contributed by atoms with Crippen LogP contribution in [-0.4, -0.2) is 24.0 Å². The van der Waals surface area contributed by atoms with Crippen molar-refractivity contribution >= 4 is 28.6 Å². The lowest BCUT2D eigenvalue weighted by molar-refractivity contribution is -0.0499. The van der Waals surface area contributed by atoms with Gasteiger partial charge in [0.05, 0.1) is 6.04 Å². The van der Waals surface area contributed by atoms with E-state index in [9.17, 15) is 13.6 Å². The summed E-state index contributed by atoms with van der Waals surface area (Å²) in [6.45, 7) is -2.32. The van der Waals surface area contributed by atoms with Gasteiger partial charge in [0.2, 0.25) is 0 Å². The molecule has 1 aromatic carbocycles. The molecule has 4 rings (SSSR count). The van der Waals surface area contributed by atoms with Crippen LogP contribution in [0.5, 0.6) is 5.75 Å². The van der Waals surface area contributed by atoms with Gasteiger partial charge < -0.3 is 9.64 Å². The van der Waals surface area contributed by atoms with Crippen LogP contribution in [0.1, 0.15) is 31.7 Å². The molecule has 0 fully saturated rings. The van der Waals surface area contributed by atoms with E-state index in [1.54, 1.807) is 34.8 Å². The maximum atomic E-state index is 13.2. The van der Waals surface area contributed by atoms with Gasteiger partial charge in [-0.05, 0) is 53.1 Å². The molecule has 3 heterocycles. The molecule has 1 atom stereocenters. The Balaban J connectivity index is 1.69.